The summed E-state index contributed by atoms with van der Waals surface area (Å²) in [6, 6.07) is 7.45. The molecule has 0 aliphatic carbocycles. The highest BCUT2D eigenvalue weighted by Gasteiger charge is 2.14. The Kier molecular flexibility index (Phi) is 9.46. The van der Waals surface area contributed by atoms with E-state index in [2.05, 4.69) is 19.2 Å². The van der Waals surface area contributed by atoms with Crippen molar-refractivity contribution in [3.05, 3.63) is 29.8 Å². The lowest BCUT2D eigenvalue weighted by Gasteiger charge is -2.21. The van der Waals surface area contributed by atoms with Gasteiger partial charge in [0.15, 0.2) is 0 Å². The van der Waals surface area contributed by atoms with Gasteiger partial charge in [0.2, 0.25) is 10.0 Å². The Hall–Kier alpha value is -1.11. The van der Waals surface area contributed by atoms with E-state index in [4.69, 9.17) is 0 Å². The number of hydrogen-bond donors (Lipinski definition) is 2. The predicted molar refractivity (Wildman–Crippen MR) is 105 cm³/mol. The molecule has 144 valence electrons. The Bertz CT molecular complexity index is 587. The lowest BCUT2D eigenvalue weighted by Crippen LogP contribution is -2.32. The van der Waals surface area contributed by atoms with Crippen LogP contribution in [0, 0.1) is 0 Å². The van der Waals surface area contributed by atoms with Gasteiger partial charge in [0.1, 0.15) is 0 Å². The van der Waals surface area contributed by atoms with Gasteiger partial charge in [-0.05, 0) is 30.5 Å². The molecule has 5 nitrogen and oxygen atoms in total. The number of benzene rings is 1. The van der Waals surface area contributed by atoms with Crippen LogP contribution in [-0.4, -0.2) is 39.4 Å². The molecule has 2 unspecified atom stereocenters. The molecule has 0 aliphatic heterocycles. The molecule has 2 N–H and O–H groups in total. The van der Waals surface area contributed by atoms with Crippen molar-refractivity contribution in [2.75, 3.05) is 24.2 Å². The van der Waals surface area contributed by atoms with Gasteiger partial charge < -0.3 is 10.4 Å². The topological polar surface area (TPSA) is 69.6 Å². The SMILES string of the molecule is CCCCCCC(CC)NCC(O)c1ccc(N(C)S(C)(=O)=O)cc1. The van der Waals surface area contributed by atoms with Gasteiger partial charge in [-0.15, -0.1) is 0 Å². The number of nitrogens with zero attached hydrogens (tertiary/aromatic N) is 1. The maximum Gasteiger partial charge on any atom is 0.231 e. The molecule has 0 radical (unpaired) electrons. The number of aliphatic hydroxyl groups excluding tert-OH is 1. The molecule has 25 heavy (non-hydrogen) atoms. The molecule has 0 spiro atoms. The quantitative estimate of drug-likeness (QED) is 0.553. The standard InChI is InChI=1S/C19H34N2O3S/c1-5-7-8-9-10-17(6-2)20-15-19(22)16-11-13-18(14-12-16)21(3)25(4,23)24/h11-14,17,19-20,22H,5-10,15H2,1-4H3. The van der Waals surface area contributed by atoms with Gasteiger partial charge in [-0.1, -0.05) is 51.7 Å². The Morgan fingerprint density at radius 1 is 1.12 bits per heavy atom. The smallest absolute Gasteiger partial charge is 0.231 e. The zero-order chi connectivity index (χ0) is 18.9. The van der Waals surface area contributed by atoms with Crippen molar-refractivity contribution in [1.82, 2.24) is 5.32 Å². The maximum absolute atomic E-state index is 11.6. The third-order valence-electron chi connectivity index (χ3n) is 4.64. The highest BCUT2D eigenvalue weighted by molar-refractivity contribution is 7.92. The molecule has 0 saturated carbocycles. The van der Waals surface area contributed by atoms with Crippen LogP contribution in [0.15, 0.2) is 24.3 Å². The van der Waals surface area contributed by atoms with Gasteiger partial charge in [-0.2, -0.15) is 0 Å². The minimum absolute atomic E-state index is 0.433. The summed E-state index contributed by atoms with van der Waals surface area (Å²) in [5, 5.41) is 13.8. The van der Waals surface area contributed by atoms with Crippen LogP contribution in [0.5, 0.6) is 0 Å². The summed E-state index contributed by atoms with van der Waals surface area (Å²) < 4.78 is 24.3. The van der Waals surface area contributed by atoms with Crippen LogP contribution in [0.25, 0.3) is 0 Å². The molecule has 1 rings (SSSR count). The molecule has 1 aromatic carbocycles. The number of hydrogen-bond acceptors (Lipinski definition) is 4. The normalized spacial score (nSPS) is 14.3. The molecule has 0 bridgehead atoms. The number of anilines is 1. The van der Waals surface area contributed by atoms with Crippen LogP contribution in [0.1, 0.15) is 64.0 Å². The molecular formula is C19H34N2O3S. The first-order chi connectivity index (χ1) is 11.8. The number of aliphatic hydroxyl groups is 1. The van der Waals surface area contributed by atoms with Crippen molar-refractivity contribution < 1.29 is 13.5 Å². The second-order valence-electron chi connectivity index (χ2n) is 6.70. The van der Waals surface area contributed by atoms with Gasteiger partial charge in [0, 0.05) is 19.6 Å². The molecule has 0 fully saturated rings. The fraction of sp³-hybridized carbons (Fsp3) is 0.684. The summed E-state index contributed by atoms with van der Waals surface area (Å²) in [7, 11) is -1.75. The molecule has 0 aliphatic rings. The van der Waals surface area contributed by atoms with Gasteiger partial charge in [-0.3, -0.25) is 4.31 Å². The fourth-order valence-electron chi connectivity index (χ4n) is 2.76. The number of nitrogens with one attached hydrogen (secondary N) is 1. The first-order valence-electron chi connectivity index (χ1n) is 9.24. The summed E-state index contributed by atoms with van der Waals surface area (Å²) in [5.41, 5.74) is 1.38. The van der Waals surface area contributed by atoms with Crippen molar-refractivity contribution >= 4 is 15.7 Å². The predicted octanol–water partition coefficient (Wildman–Crippen LogP) is 3.45. The molecule has 1 aromatic rings. The van der Waals surface area contributed by atoms with Crippen LogP contribution in [0.4, 0.5) is 5.69 Å². The van der Waals surface area contributed by atoms with Crippen molar-refractivity contribution in [3.63, 3.8) is 0 Å². The lowest BCUT2D eigenvalue weighted by atomic mass is 10.0. The fourth-order valence-corrected chi connectivity index (χ4v) is 3.27. The Balaban J connectivity index is 2.52. The lowest BCUT2D eigenvalue weighted by molar-refractivity contribution is 0.168. The van der Waals surface area contributed by atoms with E-state index in [9.17, 15) is 13.5 Å². The highest BCUT2D eigenvalue weighted by atomic mass is 32.2. The maximum atomic E-state index is 11.6. The molecule has 2 atom stereocenters. The Morgan fingerprint density at radius 3 is 2.28 bits per heavy atom. The van der Waals surface area contributed by atoms with Gasteiger partial charge in [0.25, 0.3) is 0 Å². The summed E-state index contributed by atoms with van der Waals surface area (Å²) in [4.78, 5) is 0. The van der Waals surface area contributed by atoms with Crippen molar-refractivity contribution in [2.24, 2.45) is 0 Å². The summed E-state index contributed by atoms with van der Waals surface area (Å²) >= 11 is 0. The van der Waals surface area contributed by atoms with Crippen LogP contribution >= 0.6 is 0 Å². The molecule has 0 heterocycles. The molecule has 0 saturated heterocycles. The van der Waals surface area contributed by atoms with Crippen molar-refractivity contribution in [1.29, 1.82) is 0 Å². The third kappa shape index (κ3) is 7.75. The minimum atomic E-state index is -3.27. The first-order valence-corrected chi connectivity index (χ1v) is 11.1. The monoisotopic (exact) mass is 370 g/mol. The van der Waals surface area contributed by atoms with E-state index in [0.29, 0.717) is 18.3 Å². The van der Waals surface area contributed by atoms with Gasteiger partial charge in [0.05, 0.1) is 18.0 Å². The van der Waals surface area contributed by atoms with Crippen LogP contribution in [0.2, 0.25) is 0 Å². The van der Waals surface area contributed by atoms with E-state index >= 15 is 0 Å². The molecule has 0 amide bonds. The van der Waals surface area contributed by atoms with Gasteiger partial charge in [-0.25, -0.2) is 8.42 Å². The number of unbranched alkanes of at least 4 members (excludes halogenated alkanes) is 3. The zero-order valence-electron chi connectivity index (χ0n) is 16.0. The second kappa shape index (κ2) is 10.8. The Morgan fingerprint density at radius 2 is 1.76 bits per heavy atom. The van der Waals surface area contributed by atoms with E-state index in [0.717, 1.165) is 18.4 Å². The average Bonchev–Trinajstić information content (AvgIpc) is 2.59. The summed E-state index contributed by atoms with van der Waals surface area (Å²) in [6.07, 6.45) is 7.79. The van der Waals surface area contributed by atoms with Crippen molar-refractivity contribution in [2.45, 2.75) is 64.5 Å². The number of sulfonamides is 1. The van der Waals surface area contributed by atoms with E-state index in [1.807, 2.05) is 0 Å². The second-order valence-corrected chi connectivity index (χ2v) is 8.71. The van der Waals surface area contributed by atoms with Crippen LogP contribution in [0.3, 0.4) is 0 Å². The third-order valence-corrected chi connectivity index (χ3v) is 5.84. The minimum Gasteiger partial charge on any atom is -0.387 e. The van der Waals surface area contributed by atoms with E-state index in [1.165, 1.54) is 43.3 Å². The highest BCUT2D eigenvalue weighted by Crippen LogP contribution is 2.20. The van der Waals surface area contributed by atoms with E-state index in [1.54, 1.807) is 24.3 Å². The molecular weight excluding hydrogens is 336 g/mol. The van der Waals surface area contributed by atoms with E-state index in [-0.39, 0.29) is 0 Å². The molecule has 6 heteroatoms. The summed E-state index contributed by atoms with van der Waals surface area (Å²) in [6.45, 7) is 4.89. The van der Waals surface area contributed by atoms with E-state index < -0.39 is 16.1 Å². The molecule has 0 aromatic heterocycles. The summed E-state index contributed by atoms with van der Waals surface area (Å²) in [5.74, 6) is 0. The zero-order valence-corrected chi connectivity index (χ0v) is 16.8. The largest absolute Gasteiger partial charge is 0.387 e. The first kappa shape index (κ1) is 21.9. The number of rotatable bonds is 12. The van der Waals surface area contributed by atoms with Crippen LogP contribution in [-0.2, 0) is 10.0 Å². The Labute approximate surface area is 153 Å². The average molecular weight is 371 g/mol. The van der Waals surface area contributed by atoms with Gasteiger partial charge >= 0.3 is 0 Å². The van der Waals surface area contributed by atoms with Crippen molar-refractivity contribution in [3.8, 4) is 0 Å². The van der Waals surface area contributed by atoms with Crippen LogP contribution < -0.4 is 9.62 Å².